The molecule has 10 nitrogen and oxygen atoms in total. The topological polar surface area (TPSA) is 151 Å². The van der Waals surface area contributed by atoms with Crippen LogP contribution >= 0.6 is 0 Å². The molecular weight excluding hydrogens is 324 g/mol. The van der Waals surface area contributed by atoms with Gasteiger partial charge in [-0.3, -0.25) is 19.2 Å². The van der Waals surface area contributed by atoms with Crippen molar-refractivity contribution >= 4 is 23.9 Å². The number of carboxylic acids is 2. The van der Waals surface area contributed by atoms with E-state index in [2.05, 4.69) is 20.1 Å². The van der Waals surface area contributed by atoms with E-state index in [-0.39, 0.29) is 23.8 Å². The summed E-state index contributed by atoms with van der Waals surface area (Å²) < 4.78 is 8.98. The number of ether oxygens (including phenoxy) is 2. The van der Waals surface area contributed by atoms with Crippen molar-refractivity contribution in [3.05, 3.63) is 0 Å². The summed E-state index contributed by atoms with van der Waals surface area (Å²) in [5.74, 6) is -3.13. The number of carbonyl (C=O) groups is 4. The second-order valence-electron chi connectivity index (χ2n) is 5.51. The highest BCUT2D eigenvalue weighted by atomic mass is 16.5. The summed E-state index contributed by atoms with van der Waals surface area (Å²) in [7, 11) is 2.60. The molecule has 2 fully saturated rings. The number of hydrogen-bond donors (Lipinski definition) is 4. The zero-order chi connectivity index (χ0) is 18.3. The van der Waals surface area contributed by atoms with Crippen LogP contribution in [0.1, 0.15) is 12.8 Å². The van der Waals surface area contributed by atoms with Crippen LogP contribution in [-0.2, 0) is 28.7 Å². The van der Waals surface area contributed by atoms with Crippen LogP contribution in [0.25, 0.3) is 0 Å². The van der Waals surface area contributed by atoms with E-state index in [0.717, 1.165) is 0 Å². The van der Waals surface area contributed by atoms with Crippen LogP contribution in [0.4, 0.5) is 0 Å². The first kappa shape index (κ1) is 19.8. The fraction of sp³-hybridized carbons (Fsp3) is 0.714. The van der Waals surface area contributed by atoms with E-state index in [1.54, 1.807) is 0 Å². The molecule has 2 rings (SSSR count). The van der Waals surface area contributed by atoms with Crippen molar-refractivity contribution in [2.24, 2.45) is 11.8 Å². The van der Waals surface area contributed by atoms with Crippen LogP contribution in [-0.4, -0.2) is 73.5 Å². The van der Waals surface area contributed by atoms with Crippen LogP contribution in [0.3, 0.4) is 0 Å². The maximum Gasteiger partial charge on any atom is 0.320 e. The van der Waals surface area contributed by atoms with Crippen LogP contribution in [0.5, 0.6) is 0 Å². The lowest BCUT2D eigenvalue weighted by atomic mass is 10.1. The fourth-order valence-corrected chi connectivity index (χ4v) is 2.54. The van der Waals surface area contributed by atoms with Crippen molar-refractivity contribution in [2.45, 2.75) is 24.9 Å². The lowest BCUT2D eigenvalue weighted by Gasteiger charge is -2.04. The lowest BCUT2D eigenvalue weighted by molar-refractivity contribution is -0.146. The van der Waals surface area contributed by atoms with E-state index in [1.807, 2.05) is 0 Å². The van der Waals surface area contributed by atoms with Crippen LogP contribution in [0, 0.1) is 11.8 Å². The highest BCUT2D eigenvalue weighted by Gasteiger charge is 2.34. The van der Waals surface area contributed by atoms with Gasteiger partial charge in [-0.1, -0.05) is 0 Å². The second kappa shape index (κ2) is 9.18. The number of nitrogens with one attached hydrogen (secondary N) is 2. The Morgan fingerprint density at radius 2 is 1.12 bits per heavy atom. The minimum absolute atomic E-state index is 0.309. The third-order valence-corrected chi connectivity index (χ3v) is 3.93. The van der Waals surface area contributed by atoms with Crippen molar-refractivity contribution in [1.29, 1.82) is 0 Å². The summed E-state index contributed by atoms with van der Waals surface area (Å²) in [4.78, 5) is 42.7. The number of carboxylic acid groups (broad SMARTS) is 2. The fourth-order valence-electron chi connectivity index (χ4n) is 2.54. The monoisotopic (exact) mass is 346 g/mol. The van der Waals surface area contributed by atoms with Crippen molar-refractivity contribution in [1.82, 2.24) is 10.6 Å². The Hall–Kier alpha value is -2.20. The zero-order valence-corrected chi connectivity index (χ0v) is 13.5. The average Bonchev–Trinajstić information content (AvgIpc) is 3.23. The first-order valence-electron chi connectivity index (χ1n) is 7.38. The molecule has 2 saturated heterocycles. The number of esters is 2. The maximum absolute atomic E-state index is 10.9. The number of rotatable bonds is 4. The molecule has 10 heteroatoms. The first-order valence-corrected chi connectivity index (χ1v) is 7.38. The number of methoxy groups -OCH3 is 2. The normalized spacial score (nSPS) is 28.4. The van der Waals surface area contributed by atoms with Crippen molar-refractivity contribution in [2.75, 3.05) is 27.3 Å². The van der Waals surface area contributed by atoms with Gasteiger partial charge in [0.05, 0.1) is 26.1 Å². The highest BCUT2D eigenvalue weighted by Crippen LogP contribution is 2.15. The van der Waals surface area contributed by atoms with E-state index < -0.39 is 24.0 Å². The summed E-state index contributed by atoms with van der Waals surface area (Å²) in [6.45, 7) is 0.785. The molecule has 0 aromatic rings. The van der Waals surface area contributed by atoms with Crippen molar-refractivity contribution < 1.29 is 38.9 Å². The van der Waals surface area contributed by atoms with Gasteiger partial charge in [0.15, 0.2) is 0 Å². The molecule has 0 amide bonds. The Morgan fingerprint density at radius 1 is 0.792 bits per heavy atom. The van der Waals surface area contributed by atoms with E-state index >= 15 is 0 Å². The standard InChI is InChI=1S/2C7H11NO4/c2*1-12-7(11)4-2-5(6(9)10)8-3-4/h2*4-5,8H,2-3H2,1H3,(H,9,10)/t2*4-,5+/m10/s1. The summed E-state index contributed by atoms with van der Waals surface area (Å²) in [6, 6.07) is -1.21. The minimum atomic E-state index is -0.915. The predicted molar refractivity (Wildman–Crippen MR) is 79.1 cm³/mol. The van der Waals surface area contributed by atoms with Gasteiger partial charge in [-0.15, -0.1) is 0 Å². The Balaban J connectivity index is 0.000000240. The molecule has 0 bridgehead atoms. The average molecular weight is 346 g/mol. The molecule has 0 aromatic carbocycles. The van der Waals surface area contributed by atoms with Gasteiger partial charge in [0.2, 0.25) is 0 Å². The Morgan fingerprint density at radius 3 is 1.33 bits per heavy atom. The molecule has 2 aliphatic rings. The van der Waals surface area contributed by atoms with E-state index in [4.69, 9.17) is 10.2 Å². The van der Waals surface area contributed by atoms with Gasteiger partial charge < -0.3 is 30.3 Å². The molecule has 4 atom stereocenters. The molecule has 136 valence electrons. The van der Waals surface area contributed by atoms with Gasteiger partial charge in [-0.2, -0.15) is 0 Å². The lowest BCUT2D eigenvalue weighted by Crippen LogP contribution is -2.29. The highest BCUT2D eigenvalue weighted by molar-refractivity contribution is 5.79. The Labute approximate surface area is 138 Å². The van der Waals surface area contributed by atoms with E-state index in [1.165, 1.54) is 14.2 Å². The van der Waals surface area contributed by atoms with Gasteiger partial charge in [-0.25, -0.2) is 0 Å². The Bertz CT molecular complexity index is 451. The van der Waals surface area contributed by atoms with Gasteiger partial charge in [0.25, 0.3) is 0 Å². The number of carbonyl (C=O) groups excluding carboxylic acids is 2. The zero-order valence-electron chi connectivity index (χ0n) is 13.5. The summed E-state index contributed by atoms with van der Waals surface area (Å²) in [6.07, 6.45) is 0.643. The molecule has 0 aromatic heterocycles. The maximum atomic E-state index is 10.9. The third-order valence-electron chi connectivity index (χ3n) is 3.93. The second-order valence-corrected chi connectivity index (χ2v) is 5.51. The van der Waals surface area contributed by atoms with Gasteiger partial charge >= 0.3 is 23.9 Å². The quantitative estimate of drug-likeness (QED) is 0.440. The third kappa shape index (κ3) is 5.46. The van der Waals surface area contributed by atoms with Crippen molar-refractivity contribution in [3.63, 3.8) is 0 Å². The molecule has 2 heterocycles. The van der Waals surface area contributed by atoms with Crippen LogP contribution < -0.4 is 10.6 Å². The summed E-state index contributed by atoms with van der Waals surface area (Å²) >= 11 is 0. The molecule has 0 spiro atoms. The van der Waals surface area contributed by atoms with Crippen molar-refractivity contribution in [3.8, 4) is 0 Å². The molecule has 2 aliphatic heterocycles. The summed E-state index contributed by atoms with van der Waals surface area (Å²) in [5, 5.41) is 22.6. The number of hydrogen-bond acceptors (Lipinski definition) is 8. The SMILES string of the molecule is COC(=O)[C@@H]1CN[C@@H](C(=O)O)C1.COC(=O)[C@H]1CN[C@H](C(=O)O)C1. The van der Waals surface area contributed by atoms with Crippen LogP contribution in [0.2, 0.25) is 0 Å². The molecular formula is C14H22N2O8. The van der Waals surface area contributed by atoms with Gasteiger partial charge in [-0.05, 0) is 12.8 Å². The largest absolute Gasteiger partial charge is 0.480 e. The smallest absolute Gasteiger partial charge is 0.320 e. The molecule has 0 aliphatic carbocycles. The van der Waals surface area contributed by atoms with E-state index in [0.29, 0.717) is 25.9 Å². The molecule has 4 N–H and O–H groups in total. The molecule has 24 heavy (non-hydrogen) atoms. The minimum Gasteiger partial charge on any atom is -0.480 e. The van der Waals surface area contributed by atoms with Crippen LogP contribution in [0.15, 0.2) is 0 Å². The first-order chi connectivity index (χ1) is 11.3. The van der Waals surface area contributed by atoms with E-state index in [9.17, 15) is 19.2 Å². The number of aliphatic carboxylic acids is 2. The Kier molecular flexibility index (Phi) is 7.59. The van der Waals surface area contributed by atoms with Gasteiger partial charge in [0.1, 0.15) is 12.1 Å². The molecule has 0 unspecified atom stereocenters. The van der Waals surface area contributed by atoms with Gasteiger partial charge in [0, 0.05) is 13.1 Å². The predicted octanol–water partition coefficient (Wildman–Crippen LogP) is -1.56. The molecule has 0 saturated carbocycles. The molecule has 0 radical (unpaired) electrons. The summed E-state index contributed by atoms with van der Waals surface area (Å²) in [5.41, 5.74) is 0.